The second-order valence-corrected chi connectivity index (χ2v) is 2.87. The van der Waals surface area contributed by atoms with E-state index in [1.54, 1.807) is 6.08 Å². The summed E-state index contributed by atoms with van der Waals surface area (Å²) in [4.78, 5) is 0. The molecule has 1 nitrogen and oxygen atoms in total. The Morgan fingerprint density at radius 2 is 2.55 bits per heavy atom. The monoisotopic (exact) mass is 150 g/mol. The summed E-state index contributed by atoms with van der Waals surface area (Å²) in [7, 11) is 0. The Hall–Kier alpha value is -0.820. The highest BCUT2D eigenvalue weighted by Gasteiger charge is 2.00. The second-order valence-electron chi connectivity index (χ2n) is 2.87. The van der Waals surface area contributed by atoms with Crippen LogP contribution in [0.25, 0.3) is 0 Å². The fourth-order valence-corrected chi connectivity index (χ4v) is 1.17. The highest BCUT2D eigenvalue weighted by atomic mass is 16.2. The minimum Gasteiger partial charge on any atom is -0.392 e. The van der Waals surface area contributed by atoms with Crippen molar-refractivity contribution in [3.8, 4) is 0 Å². The molecular weight excluding hydrogens is 136 g/mol. The molecule has 1 rings (SSSR count). The van der Waals surface area contributed by atoms with Gasteiger partial charge in [-0.25, -0.2) is 0 Å². The van der Waals surface area contributed by atoms with Gasteiger partial charge < -0.3 is 5.11 Å². The first-order valence-corrected chi connectivity index (χ1v) is 3.98. The summed E-state index contributed by atoms with van der Waals surface area (Å²) in [6, 6.07) is 0. The summed E-state index contributed by atoms with van der Waals surface area (Å²) in [6.07, 6.45) is 11.3. The molecule has 1 heteroatoms. The van der Waals surface area contributed by atoms with Gasteiger partial charge in [0, 0.05) is 0 Å². The Bertz CT molecular complexity index is 199. The molecule has 11 heavy (non-hydrogen) atoms. The lowest BCUT2D eigenvalue weighted by atomic mass is 9.98. The molecule has 0 amide bonds. The third kappa shape index (κ3) is 2.72. The Kier molecular flexibility index (Phi) is 3.12. The molecule has 1 unspecified atom stereocenters. The quantitative estimate of drug-likeness (QED) is 0.638. The zero-order valence-electron chi connectivity index (χ0n) is 6.83. The number of rotatable bonds is 2. The third-order valence-electron chi connectivity index (χ3n) is 1.71. The maximum Gasteiger partial charge on any atom is 0.0615 e. The van der Waals surface area contributed by atoms with E-state index in [9.17, 15) is 0 Å². The molecule has 0 heterocycles. The summed E-state index contributed by atoms with van der Waals surface area (Å²) >= 11 is 0. The molecule has 1 aliphatic rings. The van der Waals surface area contributed by atoms with Gasteiger partial charge in [0.15, 0.2) is 0 Å². The number of allylic oxidation sites excluding steroid dienone is 5. The number of aliphatic hydroxyl groups is 1. The van der Waals surface area contributed by atoms with Crippen molar-refractivity contribution in [2.75, 3.05) is 6.61 Å². The molecule has 0 aromatic rings. The normalized spacial score (nSPS) is 24.2. The van der Waals surface area contributed by atoms with E-state index >= 15 is 0 Å². The van der Waals surface area contributed by atoms with Gasteiger partial charge in [0.2, 0.25) is 0 Å². The van der Waals surface area contributed by atoms with Gasteiger partial charge >= 0.3 is 0 Å². The largest absolute Gasteiger partial charge is 0.392 e. The summed E-state index contributed by atoms with van der Waals surface area (Å²) in [5.74, 6) is 0.637. The lowest BCUT2D eigenvalue weighted by molar-refractivity contribution is 0.342. The smallest absolute Gasteiger partial charge is 0.0615 e. The maximum atomic E-state index is 8.52. The van der Waals surface area contributed by atoms with Gasteiger partial charge in [0.25, 0.3) is 0 Å². The Morgan fingerprint density at radius 3 is 3.18 bits per heavy atom. The van der Waals surface area contributed by atoms with Gasteiger partial charge in [-0.05, 0) is 17.9 Å². The van der Waals surface area contributed by atoms with E-state index in [0.29, 0.717) is 5.92 Å². The van der Waals surface area contributed by atoms with Crippen molar-refractivity contribution in [2.24, 2.45) is 5.92 Å². The predicted octanol–water partition coefficient (Wildman–Crippen LogP) is 2.06. The van der Waals surface area contributed by atoms with Gasteiger partial charge in [-0.1, -0.05) is 37.3 Å². The van der Waals surface area contributed by atoms with Gasteiger partial charge in [0.1, 0.15) is 0 Å². The topological polar surface area (TPSA) is 20.2 Å². The van der Waals surface area contributed by atoms with E-state index in [0.717, 1.165) is 6.42 Å². The Balaban J connectivity index is 2.57. The molecule has 0 aliphatic heterocycles. The van der Waals surface area contributed by atoms with Crippen molar-refractivity contribution in [1.29, 1.82) is 0 Å². The fraction of sp³-hybridized carbons (Fsp3) is 0.400. The minimum absolute atomic E-state index is 0.125. The SMILES string of the molecule is CC1C=C(/C=C/CO)C=CC1. The second kappa shape index (κ2) is 4.14. The molecular formula is C10H14O. The van der Waals surface area contributed by atoms with E-state index in [-0.39, 0.29) is 6.61 Å². The first-order valence-electron chi connectivity index (χ1n) is 3.98. The highest BCUT2D eigenvalue weighted by Crippen LogP contribution is 2.16. The average molecular weight is 150 g/mol. The van der Waals surface area contributed by atoms with Crippen molar-refractivity contribution in [1.82, 2.24) is 0 Å². The van der Waals surface area contributed by atoms with Gasteiger partial charge in [0.05, 0.1) is 6.61 Å². The first-order chi connectivity index (χ1) is 5.33. The number of hydrogen-bond acceptors (Lipinski definition) is 1. The van der Waals surface area contributed by atoms with Crippen LogP contribution in [0.4, 0.5) is 0 Å². The van der Waals surface area contributed by atoms with E-state index < -0.39 is 0 Å². The van der Waals surface area contributed by atoms with E-state index in [1.165, 1.54) is 5.57 Å². The van der Waals surface area contributed by atoms with Gasteiger partial charge in [-0.15, -0.1) is 0 Å². The molecule has 0 radical (unpaired) electrons. The zero-order chi connectivity index (χ0) is 8.10. The molecule has 0 saturated carbocycles. The lowest BCUT2D eigenvalue weighted by Crippen LogP contribution is -1.93. The average Bonchev–Trinajstić information content (AvgIpc) is 2.01. The van der Waals surface area contributed by atoms with Crippen LogP contribution in [-0.4, -0.2) is 11.7 Å². The van der Waals surface area contributed by atoms with Crippen molar-refractivity contribution < 1.29 is 5.11 Å². The van der Waals surface area contributed by atoms with Crippen molar-refractivity contribution in [3.05, 3.63) is 36.0 Å². The zero-order valence-corrected chi connectivity index (χ0v) is 6.83. The molecule has 1 atom stereocenters. The fourth-order valence-electron chi connectivity index (χ4n) is 1.17. The number of hydrogen-bond donors (Lipinski definition) is 1. The van der Waals surface area contributed by atoms with Crippen molar-refractivity contribution in [2.45, 2.75) is 13.3 Å². The van der Waals surface area contributed by atoms with Gasteiger partial charge in [-0.2, -0.15) is 0 Å². The van der Waals surface area contributed by atoms with Crippen molar-refractivity contribution >= 4 is 0 Å². The van der Waals surface area contributed by atoms with Crippen LogP contribution in [0.15, 0.2) is 36.0 Å². The third-order valence-corrected chi connectivity index (χ3v) is 1.71. The maximum absolute atomic E-state index is 8.52. The lowest BCUT2D eigenvalue weighted by Gasteiger charge is -2.08. The molecule has 0 spiro atoms. The van der Waals surface area contributed by atoms with E-state index in [4.69, 9.17) is 5.11 Å². The van der Waals surface area contributed by atoms with Crippen LogP contribution in [0.3, 0.4) is 0 Å². The van der Waals surface area contributed by atoms with Crippen LogP contribution in [0.2, 0.25) is 0 Å². The molecule has 0 saturated heterocycles. The molecule has 60 valence electrons. The Morgan fingerprint density at radius 1 is 1.73 bits per heavy atom. The summed E-state index contributed by atoms with van der Waals surface area (Å²) < 4.78 is 0. The molecule has 0 bridgehead atoms. The van der Waals surface area contributed by atoms with Crippen LogP contribution in [0.5, 0.6) is 0 Å². The van der Waals surface area contributed by atoms with Crippen LogP contribution in [0.1, 0.15) is 13.3 Å². The molecule has 0 aromatic heterocycles. The summed E-state index contributed by atoms with van der Waals surface area (Å²) in [5.41, 5.74) is 1.21. The van der Waals surface area contributed by atoms with Crippen LogP contribution < -0.4 is 0 Å². The Labute approximate surface area is 67.7 Å². The van der Waals surface area contributed by atoms with Crippen LogP contribution in [0, 0.1) is 5.92 Å². The molecule has 1 N–H and O–H groups in total. The van der Waals surface area contributed by atoms with E-state index in [2.05, 4.69) is 25.2 Å². The summed E-state index contributed by atoms with van der Waals surface area (Å²) in [5, 5.41) is 8.52. The van der Waals surface area contributed by atoms with Crippen LogP contribution in [-0.2, 0) is 0 Å². The molecule has 0 aromatic carbocycles. The van der Waals surface area contributed by atoms with E-state index in [1.807, 2.05) is 6.08 Å². The summed E-state index contributed by atoms with van der Waals surface area (Å²) in [6.45, 7) is 2.32. The minimum atomic E-state index is 0.125. The number of aliphatic hydroxyl groups excluding tert-OH is 1. The predicted molar refractivity (Wildman–Crippen MR) is 47.2 cm³/mol. The standard InChI is InChI=1S/C10H14O/c1-9-4-2-5-10(8-9)6-3-7-11/h2-3,5-6,8-9,11H,4,7H2,1H3/b6-3+. The first kappa shape index (κ1) is 8.28. The van der Waals surface area contributed by atoms with Crippen LogP contribution >= 0.6 is 0 Å². The molecule has 0 fully saturated rings. The molecule has 1 aliphatic carbocycles. The van der Waals surface area contributed by atoms with Gasteiger partial charge in [-0.3, -0.25) is 0 Å². The van der Waals surface area contributed by atoms with Crippen molar-refractivity contribution in [3.63, 3.8) is 0 Å². The highest BCUT2D eigenvalue weighted by molar-refractivity contribution is 5.33.